The smallest absolute Gasteiger partial charge is 0.226 e. The van der Waals surface area contributed by atoms with Crippen molar-refractivity contribution in [1.82, 2.24) is 15.3 Å². The highest BCUT2D eigenvalue weighted by Gasteiger charge is 2.57. The van der Waals surface area contributed by atoms with Crippen LogP contribution in [0.1, 0.15) is 78.3 Å². The first-order valence-corrected chi connectivity index (χ1v) is 12.4. The Hall–Kier alpha value is -0.850. The van der Waals surface area contributed by atoms with Crippen molar-refractivity contribution >= 4 is 28.5 Å². The lowest BCUT2D eigenvalue weighted by Gasteiger charge is -2.58. The van der Waals surface area contributed by atoms with Gasteiger partial charge in [0.25, 0.3) is 0 Å². The van der Waals surface area contributed by atoms with E-state index in [1.165, 1.54) is 32.1 Å². The van der Waals surface area contributed by atoms with Crippen LogP contribution in [0, 0.1) is 22.7 Å². The zero-order chi connectivity index (χ0) is 20.9. The van der Waals surface area contributed by atoms with Crippen molar-refractivity contribution in [2.45, 2.75) is 88.5 Å². The highest BCUT2D eigenvalue weighted by atomic mass is 127. The van der Waals surface area contributed by atoms with Crippen LogP contribution in [-0.2, 0) is 11.2 Å². The van der Waals surface area contributed by atoms with Gasteiger partial charge in [-0.25, -0.2) is 4.98 Å². The van der Waals surface area contributed by atoms with E-state index >= 15 is 0 Å². The number of nitrogens with zero attached hydrogens (tertiary/aromatic N) is 1. The minimum absolute atomic E-state index is 0.109. The fourth-order valence-corrected chi connectivity index (χ4v) is 7.57. The molecule has 4 rings (SSSR count). The highest BCUT2D eigenvalue weighted by molar-refractivity contribution is 14.1. The molecule has 6 atom stereocenters. The zero-order valence-corrected chi connectivity index (χ0v) is 20.5. The molecular weight excluding hydrogens is 473 g/mol. The number of carbonyl (C=O) groups excluding carboxylic acids is 1. The third-order valence-electron chi connectivity index (χ3n) is 8.23. The minimum Gasteiger partial charge on any atom is -0.353 e. The largest absolute Gasteiger partial charge is 0.353 e. The first kappa shape index (κ1) is 21.4. The Kier molecular flexibility index (Phi) is 5.67. The standard InChI is InChI=1S/C24H36IN3O/c1-16(12-18-14-26-15-27-18)28-21(29)24(4)10-5-9-23(3)19-8-11-22(2,25)13-17(19)6-7-20(23)24/h8,14-17,20H,5-7,9-13H2,1-4H3,(H,26,27)(H,28,29)/t16-,17?,20?,22+,23+,24-/m1/s1. The number of hydrogen-bond acceptors (Lipinski definition) is 2. The predicted octanol–water partition coefficient (Wildman–Crippen LogP) is 5.59. The van der Waals surface area contributed by atoms with E-state index in [2.05, 4.69) is 71.6 Å². The lowest BCUT2D eigenvalue weighted by molar-refractivity contribution is -0.142. The van der Waals surface area contributed by atoms with E-state index in [1.54, 1.807) is 11.9 Å². The summed E-state index contributed by atoms with van der Waals surface area (Å²) >= 11 is 2.66. The minimum atomic E-state index is -0.272. The predicted molar refractivity (Wildman–Crippen MR) is 126 cm³/mol. The van der Waals surface area contributed by atoms with Gasteiger partial charge < -0.3 is 10.3 Å². The number of halogens is 1. The fraction of sp³-hybridized carbons (Fsp3) is 0.750. The van der Waals surface area contributed by atoms with Gasteiger partial charge in [0.1, 0.15) is 0 Å². The van der Waals surface area contributed by atoms with Gasteiger partial charge in [0, 0.05) is 27.8 Å². The van der Waals surface area contributed by atoms with Crippen LogP contribution in [0.4, 0.5) is 0 Å². The van der Waals surface area contributed by atoms with Crippen molar-refractivity contribution in [3.63, 3.8) is 0 Å². The number of H-pyrrole nitrogens is 1. The molecule has 29 heavy (non-hydrogen) atoms. The molecule has 1 amide bonds. The second kappa shape index (κ2) is 7.69. The summed E-state index contributed by atoms with van der Waals surface area (Å²) in [5.74, 6) is 1.43. The summed E-state index contributed by atoms with van der Waals surface area (Å²) < 4.78 is 0.395. The summed E-state index contributed by atoms with van der Waals surface area (Å²) in [6.45, 7) is 9.23. The van der Waals surface area contributed by atoms with Crippen molar-refractivity contribution in [1.29, 1.82) is 0 Å². The van der Waals surface area contributed by atoms with Crippen LogP contribution in [0.2, 0.25) is 0 Å². The number of alkyl halides is 1. The average Bonchev–Trinajstić information content (AvgIpc) is 3.13. The molecule has 1 aromatic heterocycles. The number of allylic oxidation sites excluding steroid dienone is 2. The third-order valence-corrected chi connectivity index (χ3v) is 9.11. The molecule has 0 spiro atoms. The monoisotopic (exact) mass is 509 g/mol. The van der Waals surface area contributed by atoms with Gasteiger partial charge in [-0.05, 0) is 62.7 Å². The first-order valence-electron chi connectivity index (χ1n) is 11.3. The molecule has 0 bridgehead atoms. The molecule has 2 N–H and O–H groups in total. The van der Waals surface area contributed by atoms with E-state index in [1.807, 2.05) is 6.20 Å². The third kappa shape index (κ3) is 3.92. The molecule has 0 aliphatic heterocycles. The Bertz CT molecular complexity index is 786. The molecule has 0 saturated heterocycles. The van der Waals surface area contributed by atoms with Gasteiger partial charge in [-0.3, -0.25) is 4.79 Å². The van der Waals surface area contributed by atoms with Gasteiger partial charge in [-0.2, -0.15) is 0 Å². The molecule has 5 heteroatoms. The number of fused-ring (bicyclic) bond motifs is 3. The number of imidazole rings is 1. The maximum Gasteiger partial charge on any atom is 0.226 e. The second-order valence-electron chi connectivity index (χ2n) is 10.7. The Morgan fingerprint density at radius 3 is 2.86 bits per heavy atom. The van der Waals surface area contributed by atoms with Gasteiger partial charge >= 0.3 is 0 Å². The van der Waals surface area contributed by atoms with Crippen LogP contribution in [0.5, 0.6) is 0 Å². The van der Waals surface area contributed by atoms with Crippen LogP contribution < -0.4 is 5.32 Å². The summed E-state index contributed by atoms with van der Waals surface area (Å²) in [6, 6.07) is 0.109. The topological polar surface area (TPSA) is 57.8 Å². The van der Waals surface area contributed by atoms with Crippen LogP contribution in [0.3, 0.4) is 0 Å². The van der Waals surface area contributed by atoms with E-state index in [0.29, 0.717) is 9.34 Å². The fourth-order valence-electron chi connectivity index (χ4n) is 6.82. The molecule has 0 radical (unpaired) electrons. The Morgan fingerprint density at radius 2 is 2.14 bits per heavy atom. The molecule has 2 fully saturated rings. The van der Waals surface area contributed by atoms with Crippen molar-refractivity contribution in [3.8, 4) is 0 Å². The number of hydrogen-bond donors (Lipinski definition) is 2. The zero-order valence-electron chi connectivity index (χ0n) is 18.4. The van der Waals surface area contributed by atoms with Crippen LogP contribution in [-0.4, -0.2) is 25.3 Å². The Labute approximate surface area is 189 Å². The van der Waals surface area contributed by atoms with Crippen molar-refractivity contribution in [2.24, 2.45) is 22.7 Å². The lowest BCUT2D eigenvalue weighted by atomic mass is 9.46. The first-order chi connectivity index (χ1) is 13.6. The molecule has 3 aliphatic carbocycles. The van der Waals surface area contributed by atoms with E-state index < -0.39 is 0 Å². The number of nitrogens with one attached hydrogen (secondary N) is 2. The summed E-state index contributed by atoms with van der Waals surface area (Å²) in [7, 11) is 0. The maximum absolute atomic E-state index is 13.6. The maximum atomic E-state index is 13.6. The van der Waals surface area contributed by atoms with Crippen LogP contribution in [0.15, 0.2) is 24.2 Å². The summed E-state index contributed by atoms with van der Waals surface area (Å²) in [6.07, 6.45) is 15.2. The summed E-state index contributed by atoms with van der Waals surface area (Å²) in [5.41, 5.74) is 2.68. The molecule has 0 aromatic carbocycles. The van der Waals surface area contributed by atoms with Crippen molar-refractivity contribution in [2.75, 3.05) is 0 Å². The summed E-state index contributed by atoms with van der Waals surface area (Å²) in [4.78, 5) is 20.8. The number of carbonyl (C=O) groups is 1. The van der Waals surface area contributed by atoms with Crippen molar-refractivity contribution in [3.05, 3.63) is 29.9 Å². The molecule has 1 aromatic rings. The van der Waals surface area contributed by atoms with Gasteiger partial charge in [0.15, 0.2) is 0 Å². The average molecular weight is 509 g/mol. The van der Waals surface area contributed by atoms with E-state index in [0.717, 1.165) is 30.9 Å². The molecule has 4 nitrogen and oxygen atoms in total. The molecule has 2 saturated carbocycles. The molecular formula is C24H36IN3O. The normalized spacial score (nSPS) is 40.4. The quantitative estimate of drug-likeness (QED) is 0.316. The molecule has 3 aliphatic rings. The van der Waals surface area contributed by atoms with Gasteiger partial charge in [0.05, 0.1) is 11.7 Å². The van der Waals surface area contributed by atoms with Gasteiger partial charge in [-0.15, -0.1) is 0 Å². The number of aromatic nitrogens is 2. The second-order valence-corrected chi connectivity index (χ2v) is 13.3. The lowest BCUT2D eigenvalue weighted by Crippen LogP contribution is -2.56. The number of amides is 1. The Morgan fingerprint density at radius 1 is 1.34 bits per heavy atom. The van der Waals surface area contributed by atoms with Crippen molar-refractivity contribution < 1.29 is 4.79 Å². The van der Waals surface area contributed by atoms with E-state index in [9.17, 15) is 4.79 Å². The Balaban J connectivity index is 1.54. The summed E-state index contributed by atoms with van der Waals surface area (Å²) in [5, 5.41) is 3.36. The number of aromatic amines is 1. The SMILES string of the molecule is C[C@H](Cc1cnc[nH]1)NC(=O)[C@]1(C)CCC[C@@]2(C)C3=CC[C@](C)(I)CC3CCC12. The van der Waals surface area contributed by atoms with Gasteiger partial charge in [-0.1, -0.05) is 61.4 Å². The van der Waals surface area contributed by atoms with Crippen LogP contribution in [0.25, 0.3) is 0 Å². The van der Waals surface area contributed by atoms with E-state index in [-0.39, 0.29) is 22.8 Å². The number of rotatable bonds is 4. The molecule has 2 unspecified atom stereocenters. The van der Waals surface area contributed by atoms with Gasteiger partial charge in [0.2, 0.25) is 5.91 Å². The van der Waals surface area contributed by atoms with E-state index in [4.69, 9.17) is 0 Å². The molecule has 1 heterocycles. The van der Waals surface area contributed by atoms with Crippen LogP contribution >= 0.6 is 22.6 Å². The highest BCUT2D eigenvalue weighted by Crippen LogP contribution is 2.63. The molecule has 160 valence electrons.